The molecule has 0 aromatic heterocycles. The Morgan fingerprint density at radius 1 is 0.632 bits per heavy atom. The van der Waals surface area contributed by atoms with Gasteiger partial charge in [-0.3, -0.25) is 0 Å². The van der Waals surface area contributed by atoms with Gasteiger partial charge < -0.3 is 0 Å². The molecule has 3 rings (SSSR count). The highest BCUT2D eigenvalue weighted by molar-refractivity contribution is 5.49. The van der Waals surface area contributed by atoms with Crippen molar-refractivity contribution in [2.75, 3.05) is 0 Å². The van der Waals surface area contributed by atoms with Gasteiger partial charge in [-0.15, -0.1) is 0 Å². The van der Waals surface area contributed by atoms with Crippen molar-refractivity contribution in [3.05, 3.63) is 83.6 Å². The quantitative estimate of drug-likeness (QED) is 0.733. The number of hydrogen-bond acceptors (Lipinski definition) is 0. The van der Waals surface area contributed by atoms with Gasteiger partial charge >= 0.3 is 0 Å². The van der Waals surface area contributed by atoms with E-state index in [9.17, 15) is 8.78 Å². The summed E-state index contributed by atoms with van der Waals surface area (Å²) >= 11 is 0. The predicted octanol–water partition coefficient (Wildman–Crippen LogP) is 4.66. The van der Waals surface area contributed by atoms with Gasteiger partial charge in [-0.05, 0) is 24.0 Å². The molecule has 2 aromatic carbocycles. The molecule has 2 aromatic rings. The van der Waals surface area contributed by atoms with Crippen molar-refractivity contribution in [3.8, 4) is 0 Å². The molecule has 0 unspecified atom stereocenters. The molecule has 1 aliphatic rings. The van der Waals surface area contributed by atoms with Gasteiger partial charge in [0.25, 0.3) is 5.92 Å². The van der Waals surface area contributed by atoms with Crippen LogP contribution in [0.3, 0.4) is 0 Å². The summed E-state index contributed by atoms with van der Waals surface area (Å²) in [5.41, 5.74) is 1.30. The molecule has 2 radical (unpaired) electrons. The minimum Gasteiger partial charge on any atom is -0.205 e. The van der Waals surface area contributed by atoms with Gasteiger partial charge in [-0.2, -0.15) is 0 Å². The Bertz CT molecular complexity index is 484. The fourth-order valence-corrected chi connectivity index (χ4v) is 2.68. The third-order valence-electron chi connectivity index (χ3n) is 3.63. The highest BCUT2D eigenvalue weighted by Gasteiger charge is 2.54. The third kappa shape index (κ3) is 2.16. The lowest BCUT2D eigenvalue weighted by molar-refractivity contribution is 0.0555. The third-order valence-corrected chi connectivity index (χ3v) is 3.63. The summed E-state index contributed by atoms with van der Waals surface area (Å²) in [6.07, 6.45) is 0.864. The van der Waals surface area contributed by atoms with Crippen molar-refractivity contribution in [3.63, 3.8) is 0 Å². The Kier molecular flexibility index (Phi) is 3.09. The van der Waals surface area contributed by atoms with Gasteiger partial charge in [0, 0.05) is 0 Å². The number of alkyl halides is 2. The van der Waals surface area contributed by atoms with Crippen LogP contribution < -0.4 is 0 Å². The van der Waals surface area contributed by atoms with Crippen LogP contribution in [0.5, 0.6) is 0 Å². The van der Waals surface area contributed by atoms with Crippen molar-refractivity contribution in [2.24, 2.45) is 0 Å². The molecule has 1 aliphatic carbocycles. The van der Waals surface area contributed by atoms with E-state index in [2.05, 4.69) is 0 Å². The van der Waals surface area contributed by atoms with Crippen LogP contribution in [0, 0.1) is 11.8 Å². The summed E-state index contributed by atoms with van der Waals surface area (Å²) in [6, 6.07) is 18.0. The molecule has 0 saturated heterocycles. The zero-order chi connectivity index (χ0) is 13.3. The maximum atomic E-state index is 14.6. The summed E-state index contributed by atoms with van der Waals surface area (Å²) < 4.78 is 29.1. The van der Waals surface area contributed by atoms with E-state index < -0.39 is 5.92 Å². The van der Waals surface area contributed by atoms with Crippen LogP contribution >= 0.6 is 0 Å². The van der Waals surface area contributed by atoms with Crippen molar-refractivity contribution >= 4 is 0 Å². The van der Waals surface area contributed by atoms with Crippen LogP contribution in [0.4, 0.5) is 8.78 Å². The second-order valence-electron chi connectivity index (χ2n) is 4.76. The average molecular weight is 256 g/mol. The minimum absolute atomic E-state index is 0.243. The lowest BCUT2D eigenvalue weighted by Gasteiger charge is -2.24. The Morgan fingerprint density at radius 3 is 1.37 bits per heavy atom. The van der Waals surface area contributed by atoms with Crippen LogP contribution in [0.25, 0.3) is 0 Å². The average Bonchev–Trinajstić information content (AvgIpc) is 2.76. The highest BCUT2D eigenvalue weighted by Crippen LogP contribution is 2.53. The number of halogens is 2. The summed E-state index contributed by atoms with van der Waals surface area (Å²) in [7, 11) is 0. The van der Waals surface area contributed by atoms with Gasteiger partial charge in [0.15, 0.2) is 0 Å². The SMILES string of the molecule is FC1(F)[C](c2ccccc2)CC[C]1c1ccccc1. The Labute approximate surface area is 112 Å². The largest absolute Gasteiger partial charge is 0.269 e. The molecule has 0 bridgehead atoms. The molecule has 0 nitrogen and oxygen atoms in total. The van der Waals surface area contributed by atoms with E-state index in [4.69, 9.17) is 0 Å². The monoisotopic (exact) mass is 256 g/mol. The van der Waals surface area contributed by atoms with Gasteiger partial charge in [0.1, 0.15) is 0 Å². The lowest BCUT2D eigenvalue weighted by Crippen LogP contribution is -2.28. The molecule has 0 atom stereocenters. The molecular weight excluding hydrogens is 242 g/mol. The summed E-state index contributed by atoms with van der Waals surface area (Å²) in [6.45, 7) is 0. The second kappa shape index (κ2) is 4.76. The molecule has 1 saturated carbocycles. The lowest BCUT2D eigenvalue weighted by atomic mass is 9.89. The fourth-order valence-electron chi connectivity index (χ4n) is 2.68. The summed E-state index contributed by atoms with van der Waals surface area (Å²) in [5.74, 6) is -2.35. The molecule has 19 heavy (non-hydrogen) atoms. The molecule has 0 N–H and O–H groups in total. The van der Waals surface area contributed by atoms with Crippen molar-refractivity contribution < 1.29 is 8.78 Å². The zero-order valence-corrected chi connectivity index (χ0v) is 10.4. The fraction of sp³-hybridized carbons (Fsp3) is 0.176. The first kappa shape index (κ1) is 12.3. The smallest absolute Gasteiger partial charge is 0.205 e. The first-order valence-corrected chi connectivity index (χ1v) is 6.41. The van der Waals surface area contributed by atoms with E-state index in [1.807, 2.05) is 12.1 Å². The van der Waals surface area contributed by atoms with Crippen LogP contribution in [0.1, 0.15) is 24.0 Å². The first-order chi connectivity index (χ1) is 9.19. The van der Waals surface area contributed by atoms with Crippen molar-refractivity contribution in [1.82, 2.24) is 0 Å². The molecule has 96 valence electrons. The Hall–Kier alpha value is -1.70. The van der Waals surface area contributed by atoms with Gasteiger partial charge in [-0.1, -0.05) is 60.7 Å². The summed E-state index contributed by atoms with van der Waals surface area (Å²) in [4.78, 5) is 0. The van der Waals surface area contributed by atoms with E-state index in [0.717, 1.165) is 0 Å². The molecule has 0 amide bonds. The van der Waals surface area contributed by atoms with Crippen LogP contribution in [0.2, 0.25) is 0 Å². The molecular formula is C17H14F2. The van der Waals surface area contributed by atoms with E-state index in [1.54, 1.807) is 48.5 Å². The molecule has 0 heterocycles. The normalized spacial score (nSPS) is 19.7. The van der Waals surface area contributed by atoms with Crippen molar-refractivity contribution in [1.29, 1.82) is 0 Å². The van der Waals surface area contributed by atoms with Crippen molar-refractivity contribution in [2.45, 2.75) is 18.8 Å². The standard InChI is InChI=1S/C17H14F2/c18-17(19)15(13-7-3-1-4-8-13)11-12-16(17)14-9-5-2-6-10-14/h1-10H,11-12H2. The van der Waals surface area contributed by atoms with Gasteiger partial charge in [0.05, 0.1) is 11.8 Å². The minimum atomic E-state index is -2.83. The molecule has 2 heteroatoms. The van der Waals surface area contributed by atoms with E-state index in [0.29, 0.717) is 24.0 Å². The van der Waals surface area contributed by atoms with Crippen LogP contribution in [0.15, 0.2) is 60.7 Å². The second-order valence-corrected chi connectivity index (χ2v) is 4.76. The molecule has 0 aliphatic heterocycles. The van der Waals surface area contributed by atoms with Gasteiger partial charge in [0.2, 0.25) is 0 Å². The topological polar surface area (TPSA) is 0 Å². The number of hydrogen-bond donors (Lipinski definition) is 0. The molecule has 0 spiro atoms. The predicted molar refractivity (Wildman–Crippen MR) is 71.8 cm³/mol. The molecule has 1 fully saturated rings. The maximum absolute atomic E-state index is 14.6. The van der Waals surface area contributed by atoms with Crippen LogP contribution in [-0.4, -0.2) is 5.92 Å². The Balaban J connectivity index is 1.92. The zero-order valence-electron chi connectivity index (χ0n) is 10.4. The Morgan fingerprint density at radius 2 is 1.00 bits per heavy atom. The van der Waals surface area contributed by atoms with Gasteiger partial charge in [-0.25, -0.2) is 8.78 Å². The van der Waals surface area contributed by atoms with Crippen LogP contribution in [-0.2, 0) is 0 Å². The highest BCUT2D eigenvalue weighted by atomic mass is 19.3. The number of benzene rings is 2. The maximum Gasteiger partial charge on any atom is 0.269 e. The first-order valence-electron chi connectivity index (χ1n) is 6.41. The van der Waals surface area contributed by atoms with E-state index in [-0.39, 0.29) is 11.8 Å². The number of rotatable bonds is 2. The summed E-state index contributed by atoms with van der Waals surface area (Å²) in [5, 5.41) is 0. The van der Waals surface area contributed by atoms with E-state index >= 15 is 0 Å². The van der Waals surface area contributed by atoms with E-state index in [1.165, 1.54) is 0 Å².